The van der Waals surface area contributed by atoms with E-state index in [-0.39, 0.29) is 17.0 Å². The van der Waals surface area contributed by atoms with Gasteiger partial charge in [0, 0.05) is 11.1 Å². The minimum absolute atomic E-state index is 0.216. The van der Waals surface area contributed by atoms with Crippen molar-refractivity contribution < 1.29 is 14.8 Å². The Balaban J connectivity index is 1.82. The summed E-state index contributed by atoms with van der Waals surface area (Å²) in [6, 6.07) is 0. The van der Waals surface area contributed by atoms with E-state index in [0.29, 0.717) is 22.8 Å². The van der Waals surface area contributed by atoms with E-state index in [1.807, 2.05) is 0 Å². The van der Waals surface area contributed by atoms with E-state index in [1.165, 1.54) is 44.9 Å². The molecule has 0 fully saturated rings. The van der Waals surface area contributed by atoms with Crippen LogP contribution in [-0.4, -0.2) is 15.6 Å². The van der Waals surface area contributed by atoms with E-state index in [1.54, 1.807) is 13.8 Å². The van der Waals surface area contributed by atoms with Gasteiger partial charge in [-0.15, -0.1) is 0 Å². The molecule has 0 saturated carbocycles. The predicted octanol–water partition coefficient (Wildman–Crippen LogP) is 8.44. The van der Waals surface area contributed by atoms with Gasteiger partial charge in [0.2, 0.25) is 0 Å². The number of fused-ring (bicyclic) bond motifs is 1. The molecular weight excluding hydrogens is 414 g/mol. The van der Waals surface area contributed by atoms with Crippen LogP contribution >= 0.6 is 0 Å². The third kappa shape index (κ3) is 7.61. The molecule has 3 atom stereocenters. The van der Waals surface area contributed by atoms with Crippen molar-refractivity contribution in [1.82, 2.24) is 0 Å². The van der Waals surface area contributed by atoms with Gasteiger partial charge in [-0.1, -0.05) is 72.6 Å². The smallest absolute Gasteiger partial charge is 0.317 e. The molecule has 0 unspecified atom stereocenters. The lowest BCUT2D eigenvalue weighted by Crippen LogP contribution is -2.37. The number of benzene rings is 1. The summed E-state index contributed by atoms with van der Waals surface area (Å²) in [5.41, 5.74) is 1.42. The molecule has 0 aromatic heterocycles. The summed E-state index contributed by atoms with van der Waals surface area (Å²) < 4.78 is 6.41. The molecule has 1 heterocycles. The first-order valence-corrected chi connectivity index (χ1v) is 13.1. The molecule has 188 valence electrons. The van der Waals surface area contributed by atoms with Gasteiger partial charge in [-0.3, -0.25) is 10.1 Å². The maximum atomic E-state index is 11.5. The number of nitro groups is 1. The van der Waals surface area contributed by atoms with Crippen LogP contribution in [0.15, 0.2) is 0 Å². The molecule has 5 heteroatoms. The average molecular weight is 462 g/mol. The summed E-state index contributed by atoms with van der Waals surface area (Å²) in [5, 5.41) is 21.8. The highest BCUT2D eigenvalue weighted by Gasteiger charge is 2.37. The fourth-order valence-corrected chi connectivity index (χ4v) is 5.33. The first-order chi connectivity index (χ1) is 15.4. The summed E-state index contributed by atoms with van der Waals surface area (Å²) >= 11 is 0. The Morgan fingerprint density at radius 1 is 0.970 bits per heavy atom. The average Bonchev–Trinajstić information content (AvgIpc) is 2.71. The maximum Gasteiger partial charge on any atom is 0.317 e. The summed E-state index contributed by atoms with van der Waals surface area (Å²) in [6.45, 7) is 14.9. The van der Waals surface area contributed by atoms with Gasteiger partial charge in [0.1, 0.15) is 11.4 Å². The molecule has 1 N–H and O–H groups in total. The largest absolute Gasteiger partial charge is 0.502 e. The summed E-state index contributed by atoms with van der Waals surface area (Å²) in [5.74, 6) is 2.77. The lowest BCUT2D eigenvalue weighted by atomic mass is 9.84. The third-order valence-corrected chi connectivity index (χ3v) is 7.71. The van der Waals surface area contributed by atoms with Crippen LogP contribution < -0.4 is 4.74 Å². The van der Waals surface area contributed by atoms with Crippen molar-refractivity contribution in [2.24, 2.45) is 17.8 Å². The number of hydrogen-bond donors (Lipinski definition) is 1. The Morgan fingerprint density at radius 2 is 1.52 bits per heavy atom. The molecule has 0 amide bonds. The van der Waals surface area contributed by atoms with Crippen molar-refractivity contribution in [3.05, 3.63) is 26.8 Å². The van der Waals surface area contributed by atoms with Crippen LogP contribution in [0.25, 0.3) is 0 Å². The second kappa shape index (κ2) is 12.1. The lowest BCUT2D eigenvalue weighted by molar-refractivity contribution is -0.386. The molecule has 1 aliphatic heterocycles. The van der Waals surface area contributed by atoms with Gasteiger partial charge in [0.05, 0.1) is 10.5 Å². The zero-order valence-corrected chi connectivity index (χ0v) is 22.1. The minimum Gasteiger partial charge on any atom is -0.502 e. The Morgan fingerprint density at radius 3 is 2.06 bits per heavy atom. The Kier molecular flexibility index (Phi) is 10.1. The van der Waals surface area contributed by atoms with Gasteiger partial charge < -0.3 is 9.84 Å². The molecule has 0 aliphatic carbocycles. The van der Waals surface area contributed by atoms with E-state index >= 15 is 0 Å². The summed E-state index contributed by atoms with van der Waals surface area (Å²) in [6.07, 6.45) is 12.9. The SMILES string of the molecule is Cc1c(O)c([N+](=O)[O-])c(C)c2c1CC[C@@](C)(CCC[C@H](C)CCC[C@H](C)CCCC(C)C)O2. The molecule has 1 aliphatic rings. The second-order valence-corrected chi connectivity index (χ2v) is 11.4. The summed E-state index contributed by atoms with van der Waals surface area (Å²) in [4.78, 5) is 11.0. The number of rotatable bonds is 13. The highest BCUT2D eigenvalue weighted by Crippen LogP contribution is 2.47. The Labute approximate surface area is 201 Å². The molecule has 1 aromatic rings. The molecule has 0 radical (unpaired) electrons. The van der Waals surface area contributed by atoms with E-state index in [2.05, 4.69) is 34.6 Å². The zero-order valence-electron chi connectivity index (χ0n) is 22.1. The monoisotopic (exact) mass is 461 g/mol. The number of phenols is 1. The highest BCUT2D eigenvalue weighted by molar-refractivity contribution is 5.66. The Hall–Kier alpha value is -1.78. The first kappa shape index (κ1) is 27.5. The van der Waals surface area contributed by atoms with Crippen LogP contribution in [0.4, 0.5) is 5.69 Å². The standard InChI is InChI=1S/C28H47NO4/c1-19(2)11-8-12-20(3)13-9-14-21(4)15-10-17-28(7)18-16-24-22(5)26(30)25(29(31)32)23(6)27(24)33-28/h19-21,30H,8-18H2,1-7H3/t20-,21-,28-/m1/s1. The van der Waals surface area contributed by atoms with Crippen LogP contribution in [0.1, 0.15) is 116 Å². The minimum atomic E-state index is -0.500. The number of ether oxygens (including phenoxy) is 1. The quantitative estimate of drug-likeness (QED) is 0.236. The van der Waals surface area contributed by atoms with E-state index in [4.69, 9.17) is 4.74 Å². The van der Waals surface area contributed by atoms with Gasteiger partial charge in [-0.25, -0.2) is 0 Å². The van der Waals surface area contributed by atoms with Crippen molar-refractivity contribution in [1.29, 1.82) is 0 Å². The molecule has 0 saturated heterocycles. The summed E-state index contributed by atoms with van der Waals surface area (Å²) in [7, 11) is 0. The van der Waals surface area contributed by atoms with Crippen LogP contribution in [-0.2, 0) is 6.42 Å². The van der Waals surface area contributed by atoms with Gasteiger partial charge >= 0.3 is 5.69 Å². The van der Waals surface area contributed by atoms with Crippen molar-refractivity contribution in [2.45, 2.75) is 125 Å². The van der Waals surface area contributed by atoms with Crippen molar-refractivity contribution in [3.63, 3.8) is 0 Å². The Bertz CT molecular complexity index is 804. The van der Waals surface area contributed by atoms with Crippen LogP contribution in [0.5, 0.6) is 11.5 Å². The number of nitro benzene ring substituents is 1. The second-order valence-electron chi connectivity index (χ2n) is 11.4. The normalized spacial score (nSPS) is 19.8. The topological polar surface area (TPSA) is 72.6 Å². The van der Waals surface area contributed by atoms with Gasteiger partial charge in [0.25, 0.3) is 0 Å². The number of hydrogen-bond acceptors (Lipinski definition) is 4. The van der Waals surface area contributed by atoms with E-state index < -0.39 is 4.92 Å². The van der Waals surface area contributed by atoms with Gasteiger partial charge in [-0.2, -0.15) is 0 Å². The molecule has 1 aromatic carbocycles. The molecule has 2 rings (SSSR count). The molecule has 0 bridgehead atoms. The van der Waals surface area contributed by atoms with Crippen LogP contribution in [0, 0.1) is 41.7 Å². The number of aromatic hydroxyl groups is 1. The third-order valence-electron chi connectivity index (χ3n) is 7.71. The molecule has 0 spiro atoms. The molecular formula is C28H47NO4. The lowest BCUT2D eigenvalue weighted by Gasteiger charge is -2.37. The predicted molar refractivity (Wildman–Crippen MR) is 136 cm³/mol. The van der Waals surface area contributed by atoms with Crippen molar-refractivity contribution >= 4 is 5.69 Å². The van der Waals surface area contributed by atoms with Crippen LogP contribution in [0.3, 0.4) is 0 Å². The fraction of sp³-hybridized carbons (Fsp3) is 0.786. The number of phenolic OH excluding ortho intramolecular Hbond substituents is 1. The first-order valence-electron chi connectivity index (χ1n) is 13.1. The molecule has 33 heavy (non-hydrogen) atoms. The highest BCUT2D eigenvalue weighted by atomic mass is 16.6. The fourth-order valence-electron chi connectivity index (χ4n) is 5.33. The van der Waals surface area contributed by atoms with Crippen LogP contribution in [0.2, 0.25) is 0 Å². The van der Waals surface area contributed by atoms with E-state index in [0.717, 1.165) is 43.1 Å². The van der Waals surface area contributed by atoms with Crippen molar-refractivity contribution in [2.75, 3.05) is 0 Å². The maximum absolute atomic E-state index is 11.5. The van der Waals surface area contributed by atoms with Gasteiger partial charge in [-0.05, 0) is 64.2 Å². The van der Waals surface area contributed by atoms with Gasteiger partial charge in [0.15, 0.2) is 5.75 Å². The zero-order chi connectivity index (χ0) is 24.8. The molecule has 5 nitrogen and oxygen atoms in total. The van der Waals surface area contributed by atoms with Crippen molar-refractivity contribution in [3.8, 4) is 11.5 Å². The number of nitrogens with zero attached hydrogens (tertiary/aromatic N) is 1. The van der Waals surface area contributed by atoms with E-state index in [9.17, 15) is 15.2 Å².